The maximum atomic E-state index is 11.3. The Morgan fingerprint density at radius 2 is 2.06 bits per heavy atom. The third kappa shape index (κ3) is 8.26. The molecule has 0 bridgehead atoms. The third-order valence-electron chi connectivity index (χ3n) is 2.15. The lowest BCUT2D eigenvalue weighted by atomic mass is 10.2. The van der Waals surface area contributed by atoms with Gasteiger partial charge in [0.1, 0.15) is 6.07 Å². The second-order valence-corrected chi connectivity index (χ2v) is 3.72. The highest BCUT2D eigenvalue weighted by atomic mass is 16.5. The van der Waals surface area contributed by atoms with Crippen LogP contribution in [-0.4, -0.2) is 24.5 Å². The molecular weight excluding hydrogens is 220 g/mol. The molecule has 0 aromatic rings. The van der Waals surface area contributed by atoms with E-state index in [1.54, 1.807) is 6.92 Å². The van der Waals surface area contributed by atoms with Gasteiger partial charge in [0.25, 0.3) is 0 Å². The molecule has 0 unspecified atom stereocenters. The molecule has 0 aliphatic carbocycles. The van der Waals surface area contributed by atoms with E-state index in [2.05, 4.69) is 5.32 Å². The number of nitrogens with one attached hydrogen (secondary N) is 1. The topological polar surface area (TPSA) is 79.2 Å². The van der Waals surface area contributed by atoms with Crippen LogP contribution >= 0.6 is 0 Å². The first kappa shape index (κ1) is 15.4. The molecule has 0 aromatic heterocycles. The van der Waals surface area contributed by atoms with Crippen LogP contribution in [0.15, 0.2) is 0 Å². The number of carbonyl (C=O) groups is 2. The lowest BCUT2D eigenvalue weighted by Gasteiger charge is -2.08. The third-order valence-corrected chi connectivity index (χ3v) is 2.15. The molecule has 17 heavy (non-hydrogen) atoms. The monoisotopic (exact) mass is 240 g/mol. The molecule has 96 valence electrons. The number of esters is 1. The number of rotatable bonds is 8. The Labute approximate surface area is 102 Å². The van der Waals surface area contributed by atoms with Crippen LogP contribution in [0.4, 0.5) is 0 Å². The number of hydrogen-bond acceptors (Lipinski definition) is 4. The van der Waals surface area contributed by atoms with E-state index in [-0.39, 0.29) is 12.3 Å². The quantitative estimate of drug-likeness (QED) is 0.652. The molecule has 0 saturated carbocycles. The molecule has 0 fully saturated rings. The van der Waals surface area contributed by atoms with E-state index >= 15 is 0 Å². The molecule has 5 nitrogen and oxygen atoms in total. The van der Waals surface area contributed by atoms with E-state index in [4.69, 9.17) is 10.00 Å². The van der Waals surface area contributed by atoms with Gasteiger partial charge in [0.2, 0.25) is 5.91 Å². The molecular formula is C12H20N2O3. The van der Waals surface area contributed by atoms with Crippen molar-refractivity contribution in [2.45, 2.75) is 52.1 Å². The van der Waals surface area contributed by atoms with Gasteiger partial charge in [0.05, 0.1) is 0 Å². The number of nitrogens with zero attached hydrogens (tertiary/aromatic N) is 1. The summed E-state index contributed by atoms with van der Waals surface area (Å²) in [6, 6.07) is 1.89. The predicted molar refractivity (Wildman–Crippen MR) is 62.9 cm³/mol. The average Bonchev–Trinajstić information content (AvgIpc) is 2.33. The second kappa shape index (κ2) is 9.64. The van der Waals surface area contributed by atoms with Crippen LogP contribution in [0.1, 0.15) is 46.0 Å². The highest BCUT2D eigenvalue weighted by Crippen LogP contribution is 2.02. The van der Waals surface area contributed by atoms with Crippen LogP contribution in [0.25, 0.3) is 0 Å². The number of ether oxygens (including phenoxy) is 1. The fraction of sp³-hybridized carbons (Fsp3) is 0.750. The Kier molecular flexibility index (Phi) is 8.75. The second-order valence-electron chi connectivity index (χ2n) is 3.72. The standard InChI is InChI=1S/C12H20N2O3/c1-3-8-14-11(15)6-5-7-12(16)17-10(4-2)9-13/h10H,3-8H2,1-2H3,(H,14,15)/t10-/m0/s1. The maximum absolute atomic E-state index is 11.3. The van der Waals surface area contributed by atoms with Gasteiger partial charge in [0.15, 0.2) is 6.10 Å². The minimum atomic E-state index is -0.670. The molecule has 5 heteroatoms. The van der Waals surface area contributed by atoms with Crippen LogP contribution in [-0.2, 0) is 14.3 Å². The van der Waals surface area contributed by atoms with E-state index in [0.29, 0.717) is 25.8 Å². The van der Waals surface area contributed by atoms with Crippen molar-refractivity contribution in [2.75, 3.05) is 6.54 Å². The van der Waals surface area contributed by atoms with E-state index < -0.39 is 12.1 Å². The summed E-state index contributed by atoms with van der Waals surface area (Å²) in [5.74, 6) is -0.464. The lowest BCUT2D eigenvalue weighted by molar-refractivity contribution is -0.146. The van der Waals surface area contributed by atoms with Crippen molar-refractivity contribution in [3.8, 4) is 6.07 Å². The van der Waals surface area contributed by atoms with E-state index in [9.17, 15) is 9.59 Å². The van der Waals surface area contributed by atoms with Crippen molar-refractivity contribution >= 4 is 11.9 Å². The summed E-state index contributed by atoms with van der Waals surface area (Å²) in [5, 5.41) is 11.3. The van der Waals surface area contributed by atoms with E-state index in [1.165, 1.54) is 0 Å². The van der Waals surface area contributed by atoms with Crippen molar-refractivity contribution in [3.05, 3.63) is 0 Å². The van der Waals surface area contributed by atoms with Gasteiger partial charge in [-0.3, -0.25) is 9.59 Å². The van der Waals surface area contributed by atoms with Crippen LogP contribution in [0.3, 0.4) is 0 Å². The fourth-order valence-electron chi connectivity index (χ4n) is 1.16. The van der Waals surface area contributed by atoms with Crippen molar-refractivity contribution in [1.82, 2.24) is 5.32 Å². The SMILES string of the molecule is CCCNC(=O)CCCC(=O)O[C@H](C#N)CC. The van der Waals surface area contributed by atoms with Gasteiger partial charge in [-0.2, -0.15) is 5.26 Å². The normalized spacial score (nSPS) is 11.4. The zero-order valence-corrected chi connectivity index (χ0v) is 10.5. The molecule has 1 atom stereocenters. The molecule has 0 heterocycles. The first-order chi connectivity index (χ1) is 8.13. The van der Waals surface area contributed by atoms with Crippen molar-refractivity contribution in [2.24, 2.45) is 0 Å². The summed E-state index contributed by atoms with van der Waals surface area (Å²) < 4.78 is 4.88. The van der Waals surface area contributed by atoms with Gasteiger partial charge in [0, 0.05) is 19.4 Å². The van der Waals surface area contributed by atoms with E-state index in [1.807, 2.05) is 13.0 Å². The van der Waals surface area contributed by atoms with Gasteiger partial charge < -0.3 is 10.1 Å². The van der Waals surface area contributed by atoms with Crippen LogP contribution in [0, 0.1) is 11.3 Å². The van der Waals surface area contributed by atoms with Gasteiger partial charge in [-0.1, -0.05) is 13.8 Å². The zero-order chi connectivity index (χ0) is 13.1. The Bertz CT molecular complexity index is 284. The van der Waals surface area contributed by atoms with Crippen molar-refractivity contribution in [3.63, 3.8) is 0 Å². The van der Waals surface area contributed by atoms with Crippen LogP contribution in [0.5, 0.6) is 0 Å². The summed E-state index contributed by atoms with van der Waals surface area (Å²) in [7, 11) is 0. The number of amides is 1. The van der Waals surface area contributed by atoms with E-state index in [0.717, 1.165) is 6.42 Å². The number of carbonyl (C=O) groups excluding carboxylic acids is 2. The van der Waals surface area contributed by atoms with Gasteiger partial charge in [-0.05, 0) is 19.3 Å². The fourth-order valence-corrected chi connectivity index (χ4v) is 1.16. The molecule has 0 aromatic carbocycles. The Morgan fingerprint density at radius 3 is 2.59 bits per heavy atom. The summed E-state index contributed by atoms with van der Waals surface area (Å²) in [6.07, 6.45) is 1.66. The summed E-state index contributed by atoms with van der Waals surface area (Å²) in [4.78, 5) is 22.5. The maximum Gasteiger partial charge on any atom is 0.307 e. The highest BCUT2D eigenvalue weighted by Gasteiger charge is 2.11. The van der Waals surface area contributed by atoms with Gasteiger partial charge in [-0.25, -0.2) is 0 Å². The lowest BCUT2D eigenvalue weighted by Crippen LogP contribution is -2.24. The minimum absolute atomic E-state index is 0.0491. The summed E-state index contributed by atoms with van der Waals surface area (Å²) in [6.45, 7) is 4.42. The highest BCUT2D eigenvalue weighted by molar-refractivity contribution is 5.77. The predicted octanol–water partition coefficient (Wildman–Crippen LogP) is 1.53. The first-order valence-corrected chi connectivity index (χ1v) is 5.99. The minimum Gasteiger partial charge on any atom is -0.447 e. The Morgan fingerprint density at radius 1 is 1.35 bits per heavy atom. The number of nitriles is 1. The Hall–Kier alpha value is -1.57. The first-order valence-electron chi connectivity index (χ1n) is 5.99. The average molecular weight is 240 g/mol. The number of hydrogen-bond donors (Lipinski definition) is 1. The molecule has 0 rings (SSSR count). The summed E-state index contributed by atoms with van der Waals surface area (Å²) >= 11 is 0. The molecule has 1 amide bonds. The van der Waals surface area contributed by atoms with Crippen LogP contribution in [0.2, 0.25) is 0 Å². The van der Waals surface area contributed by atoms with Gasteiger partial charge >= 0.3 is 5.97 Å². The zero-order valence-electron chi connectivity index (χ0n) is 10.5. The summed E-state index contributed by atoms with van der Waals surface area (Å²) in [5.41, 5.74) is 0. The molecule has 0 spiro atoms. The molecule has 1 N–H and O–H groups in total. The molecule has 0 saturated heterocycles. The smallest absolute Gasteiger partial charge is 0.307 e. The Balaban J connectivity index is 3.64. The van der Waals surface area contributed by atoms with Crippen molar-refractivity contribution in [1.29, 1.82) is 5.26 Å². The van der Waals surface area contributed by atoms with Gasteiger partial charge in [-0.15, -0.1) is 0 Å². The van der Waals surface area contributed by atoms with Crippen LogP contribution < -0.4 is 5.32 Å². The molecule has 0 radical (unpaired) electrons. The molecule has 0 aliphatic heterocycles. The largest absolute Gasteiger partial charge is 0.447 e. The van der Waals surface area contributed by atoms with Crippen molar-refractivity contribution < 1.29 is 14.3 Å². The molecule has 0 aliphatic rings.